The Labute approximate surface area is 91.0 Å². The SMILES string of the molecule is C/C(=C\[C@@H]1CN(I)CCO1)C(=O)O. The number of carbonyl (C=O) groups is 1. The largest absolute Gasteiger partial charge is 0.478 e. The lowest BCUT2D eigenvalue weighted by atomic mass is 10.2. The lowest BCUT2D eigenvalue weighted by molar-refractivity contribution is -0.132. The molecule has 1 heterocycles. The van der Waals surface area contributed by atoms with Gasteiger partial charge in [-0.1, -0.05) is 0 Å². The molecule has 4 nitrogen and oxygen atoms in total. The summed E-state index contributed by atoms with van der Waals surface area (Å²) in [5, 5.41) is 8.64. The van der Waals surface area contributed by atoms with Gasteiger partial charge in [-0.25, -0.2) is 7.91 Å². The van der Waals surface area contributed by atoms with Crippen LogP contribution in [0.5, 0.6) is 0 Å². The van der Waals surface area contributed by atoms with Crippen molar-refractivity contribution in [1.82, 2.24) is 3.11 Å². The Balaban J connectivity index is 2.52. The van der Waals surface area contributed by atoms with Crippen molar-refractivity contribution < 1.29 is 14.6 Å². The Morgan fingerprint density at radius 3 is 3.00 bits per heavy atom. The monoisotopic (exact) mass is 297 g/mol. The van der Waals surface area contributed by atoms with Gasteiger partial charge in [0.2, 0.25) is 0 Å². The molecule has 1 aliphatic heterocycles. The van der Waals surface area contributed by atoms with Crippen LogP contribution in [0.25, 0.3) is 0 Å². The maximum Gasteiger partial charge on any atom is 0.331 e. The van der Waals surface area contributed by atoms with Gasteiger partial charge in [0, 0.05) is 41.5 Å². The number of morpholine rings is 1. The van der Waals surface area contributed by atoms with E-state index in [4.69, 9.17) is 9.84 Å². The van der Waals surface area contributed by atoms with E-state index >= 15 is 0 Å². The van der Waals surface area contributed by atoms with Crippen molar-refractivity contribution in [2.24, 2.45) is 0 Å². The highest BCUT2D eigenvalue weighted by molar-refractivity contribution is 14.1. The summed E-state index contributed by atoms with van der Waals surface area (Å²) >= 11 is 2.21. The number of ether oxygens (including phenoxy) is 1. The van der Waals surface area contributed by atoms with Gasteiger partial charge in [0.15, 0.2) is 0 Å². The standard InChI is InChI=1S/C8H12INO3/c1-6(8(11)12)4-7-5-10(9)2-3-13-7/h4,7H,2-3,5H2,1H3,(H,11,12)/b6-4+/t7-/m1/s1. The van der Waals surface area contributed by atoms with Gasteiger partial charge < -0.3 is 9.84 Å². The third-order valence-electron chi connectivity index (χ3n) is 1.82. The Morgan fingerprint density at radius 1 is 1.77 bits per heavy atom. The summed E-state index contributed by atoms with van der Waals surface area (Å²) in [7, 11) is 0. The molecule has 1 rings (SSSR count). The Hall–Kier alpha value is -0.140. The first kappa shape index (κ1) is 10.9. The third-order valence-corrected chi connectivity index (χ3v) is 2.69. The molecule has 0 spiro atoms. The Bertz CT molecular complexity index is 229. The molecular weight excluding hydrogens is 285 g/mol. The van der Waals surface area contributed by atoms with Crippen molar-refractivity contribution >= 4 is 28.8 Å². The maximum absolute atomic E-state index is 10.5. The lowest BCUT2D eigenvalue weighted by Gasteiger charge is -2.26. The molecule has 0 aliphatic carbocycles. The summed E-state index contributed by atoms with van der Waals surface area (Å²) in [5.41, 5.74) is 0.344. The van der Waals surface area contributed by atoms with E-state index in [0.717, 1.165) is 13.1 Å². The summed E-state index contributed by atoms with van der Waals surface area (Å²) in [6.07, 6.45) is 1.58. The van der Waals surface area contributed by atoms with Crippen LogP contribution in [0.4, 0.5) is 0 Å². The molecule has 1 aliphatic rings. The van der Waals surface area contributed by atoms with Gasteiger partial charge in [0.1, 0.15) is 0 Å². The van der Waals surface area contributed by atoms with E-state index in [1.165, 1.54) is 0 Å². The minimum absolute atomic E-state index is 0.0817. The number of aliphatic carboxylic acids is 1. The number of rotatable bonds is 2. The molecule has 1 atom stereocenters. The lowest BCUT2D eigenvalue weighted by Crippen LogP contribution is -2.35. The Kier molecular flexibility index (Phi) is 4.14. The molecule has 0 aromatic rings. The van der Waals surface area contributed by atoms with Crippen LogP contribution in [0.3, 0.4) is 0 Å². The second-order valence-corrected chi connectivity index (χ2v) is 4.30. The van der Waals surface area contributed by atoms with Crippen molar-refractivity contribution in [2.45, 2.75) is 13.0 Å². The third kappa shape index (κ3) is 3.61. The molecule has 0 aromatic carbocycles. The van der Waals surface area contributed by atoms with E-state index in [-0.39, 0.29) is 6.10 Å². The quantitative estimate of drug-likeness (QED) is 0.470. The van der Waals surface area contributed by atoms with Crippen molar-refractivity contribution in [2.75, 3.05) is 19.7 Å². The molecule has 0 aromatic heterocycles. The smallest absolute Gasteiger partial charge is 0.331 e. The van der Waals surface area contributed by atoms with Gasteiger partial charge in [0.05, 0.1) is 12.7 Å². The van der Waals surface area contributed by atoms with Gasteiger partial charge in [-0.15, -0.1) is 0 Å². The van der Waals surface area contributed by atoms with Crippen LogP contribution in [0.2, 0.25) is 0 Å². The van der Waals surface area contributed by atoms with Gasteiger partial charge in [0.25, 0.3) is 0 Å². The van der Waals surface area contributed by atoms with Crippen LogP contribution >= 0.6 is 22.9 Å². The van der Waals surface area contributed by atoms with Crippen LogP contribution in [-0.2, 0) is 9.53 Å². The second-order valence-electron chi connectivity index (χ2n) is 2.93. The minimum Gasteiger partial charge on any atom is -0.478 e. The fraction of sp³-hybridized carbons (Fsp3) is 0.625. The topological polar surface area (TPSA) is 49.8 Å². The van der Waals surface area contributed by atoms with Crippen molar-refractivity contribution in [3.63, 3.8) is 0 Å². The summed E-state index contributed by atoms with van der Waals surface area (Å²) in [4.78, 5) is 10.5. The number of carboxylic acid groups (broad SMARTS) is 1. The zero-order valence-corrected chi connectivity index (χ0v) is 9.52. The fourth-order valence-electron chi connectivity index (χ4n) is 1.09. The zero-order chi connectivity index (χ0) is 9.84. The molecule has 0 unspecified atom stereocenters. The number of nitrogens with zero attached hydrogens (tertiary/aromatic N) is 1. The number of carboxylic acids is 1. The summed E-state index contributed by atoms with van der Waals surface area (Å²) in [6.45, 7) is 3.90. The van der Waals surface area contributed by atoms with Gasteiger partial charge in [-0.2, -0.15) is 0 Å². The van der Waals surface area contributed by atoms with Crippen molar-refractivity contribution in [1.29, 1.82) is 0 Å². The summed E-state index contributed by atoms with van der Waals surface area (Å²) in [5.74, 6) is -0.880. The average molecular weight is 297 g/mol. The molecule has 1 N–H and O–H groups in total. The normalized spacial score (nSPS) is 26.0. The highest BCUT2D eigenvalue weighted by Crippen LogP contribution is 2.11. The molecule has 0 saturated carbocycles. The van der Waals surface area contributed by atoms with Crippen molar-refractivity contribution in [3.05, 3.63) is 11.6 Å². The minimum atomic E-state index is -0.880. The van der Waals surface area contributed by atoms with E-state index < -0.39 is 5.97 Å². The molecule has 1 saturated heterocycles. The number of halogens is 1. The highest BCUT2D eigenvalue weighted by Gasteiger charge is 2.17. The van der Waals surface area contributed by atoms with E-state index in [1.54, 1.807) is 13.0 Å². The Morgan fingerprint density at radius 2 is 2.46 bits per heavy atom. The second kappa shape index (κ2) is 4.92. The van der Waals surface area contributed by atoms with Crippen LogP contribution in [-0.4, -0.2) is 40.0 Å². The molecule has 74 valence electrons. The first-order chi connectivity index (χ1) is 6.09. The van der Waals surface area contributed by atoms with E-state index in [0.29, 0.717) is 12.2 Å². The van der Waals surface area contributed by atoms with Gasteiger partial charge in [-0.3, -0.25) is 0 Å². The highest BCUT2D eigenvalue weighted by atomic mass is 127. The fourth-order valence-corrected chi connectivity index (χ4v) is 1.68. The maximum atomic E-state index is 10.5. The molecule has 0 radical (unpaired) electrons. The van der Waals surface area contributed by atoms with E-state index in [2.05, 4.69) is 26.0 Å². The van der Waals surface area contributed by atoms with Crippen LogP contribution < -0.4 is 0 Å². The number of hydrogen-bond donors (Lipinski definition) is 1. The van der Waals surface area contributed by atoms with Crippen molar-refractivity contribution in [3.8, 4) is 0 Å². The zero-order valence-electron chi connectivity index (χ0n) is 7.36. The van der Waals surface area contributed by atoms with Crippen LogP contribution in [0.15, 0.2) is 11.6 Å². The molecule has 5 heteroatoms. The molecule has 13 heavy (non-hydrogen) atoms. The van der Waals surface area contributed by atoms with E-state index in [9.17, 15) is 4.79 Å². The number of hydrogen-bond acceptors (Lipinski definition) is 3. The van der Waals surface area contributed by atoms with Gasteiger partial charge >= 0.3 is 5.97 Å². The molecule has 0 amide bonds. The predicted octanol–water partition coefficient (Wildman–Crippen LogP) is 1.07. The molecular formula is C8H12INO3. The first-order valence-corrected chi connectivity index (χ1v) is 5.00. The molecule has 1 fully saturated rings. The van der Waals surface area contributed by atoms with Crippen LogP contribution in [0.1, 0.15) is 6.92 Å². The molecule has 0 bridgehead atoms. The first-order valence-electron chi connectivity index (χ1n) is 4.03. The summed E-state index contributed by atoms with van der Waals surface area (Å²) < 4.78 is 7.48. The summed E-state index contributed by atoms with van der Waals surface area (Å²) in [6, 6.07) is 0. The van der Waals surface area contributed by atoms with Gasteiger partial charge in [-0.05, 0) is 13.0 Å². The average Bonchev–Trinajstić information content (AvgIpc) is 2.04. The predicted molar refractivity (Wildman–Crippen MR) is 56.7 cm³/mol. The van der Waals surface area contributed by atoms with E-state index in [1.807, 2.05) is 0 Å². The van der Waals surface area contributed by atoms with Crippen LogP contribution in [0, 0.1) is 0 Å².